The Balaban J connectivity index is 1.75. The Morgan fingerprint density at radius 2 is 1.64 bits per heavy atom. The molecule has 0 radical (unpaired) electrons. The van der Waals surface area contributed by atoms with Crippen LogP contribution in [0.15, 0.2) is 35.1 Å². The van der Waals surface area contributed by atoms with Gasteiger partial charge in [0, 0.05) is 5.56 Å². The Kier molecular flexibility index (Phi) is 6.36. The van der Waals surface area contributed by atoms with E-state index in [9.17, 15) is 4.79 Å². The number of fused-ring (bicyclic) bond motifs is 1. The van der Waals surface area contributed by atoms with Gasteiger partial charge in [0.15, 0.2) is 28.8 Å². The van der Waals surface area contributed by atoms with Crippen molar-refractivity contribution in [2.45, 2.75) is 6.92 Å². The molecular weight excluding hydrogens is 446 g/mol. The van der Waals surface area contributed by atoms with E-state index in [0.717, 1.165) is 5.56 Å². The topological polar surface area (TPSA) is 93.4 Å². The zero-order valence-electron chi connectivity index (χ0n) is 18.9. The molecule has 0 spiro atoms. The lowest BCUT2D eigenvalue weighted by Crippen LogP contribution is -2.23. The highest BCUT2D eigenvalue weighted by Gasteiger charge is 2.18. The number of hydrogen-bond acceptors (Lipinski definition) is 9. The molecule has 0 atom stereocenters. The van der Waals surface area contributed by atoms with Gasteiger partial charge >= 0.3 is 0 Å². The highest BCUT2D eigenvalue weighted by atomic mass is 32.1. The van der Waals surface area contributed by atoms with E-state index in [4.69, 9.17) is 23.7 Å². The molecule has 0 bridgehead atoms. The van der Waals surface area contributed by atoms with Crippen molar-refractivity contribution < 1.29 is 23.7 Å². The van der Waals surface area contributed by atoms with Gasteiger partial charge in [0.2, 0.25) is 10.7 Å². The zero-order chi connectivity index (χ0) is 23.5. The Hall–Kier alpha value is -3.79. The highest BCUT2D eigenvalue weighted by molar-refractivity contribution is 7.15. The van der Waals surface area contributed by atoms with Crippen LogP contribution >= 0.6 is 11.3 Å². The molecule has 9 nitrogen and oxygen atoms in total. The molecule has 2 aromatic heterocycles. The number of ether oxygens (including phenoxy) is 5. The molecule has 4 rings (SSSR count). The van der Waals surface area contributed by atoms with Gasteiger partial charge in [0.1, 0.15) is 0 Å². The first-order chi connectivity index (χ1) is 16.0. The summed E-state index contributed by atoms with van der Waals surface area (Å²) in [6, 6.07) is 8.99. The highest BCUT2D eigenvalue weighted by Crippen LogP contribution is 2.40. The van der Waals surface area contributed by atoms with Crippen molar-refractivity contribution in [1.29, 1.82) is 0 Å². The summed E-state index contributed by atoms with van der Waals surface area (Å²) in [7, 11) is 6.18. The van der Waals surface area contributed by atoms with Crippen LogP contribution in [0.2, 0.25) is 0 Å². The maximum Gasteiger partial charge on any atom is 0.291 e. The molecule has 0 saturated heterocycles. The smallest absolute Gasteiger partial charge is 0.291 e. The Morgan fingerprint density at radius 3 is 2.21 bits per heavy atom. The molecule has 0 amide bonds. The predicted molar refractivity (Wildman–Crippen MR) is 125 cm³/mol. The zero-order valence-corrected chi connectivity index (χ0v) is 19.7. The molecule has 0 N–H and O–H groups in total. The summed E-state index contributed by atoms with van der Waals surface area (Å²) in [5.74, 6) is 3.06. The lowest BCUT2D eigenvalue weighted by molar-refractivity contribution is 0.311. The van der Waals surface area contributed by atoms with Crippen molar-refractivity contribution >= 4 is 22.4 Å². The minimum Gasteiger partial charge on any atom is -0.493 e. The number of methoxy groups -OCH3 is 4. The number of rotatable bonds is 8. The Labute approximate surface area is 193 Å². The molecule has 0 aliphatic rings. The molecular formula is C23H23N3O6S. The average Bonchev–Trinajstić information content (AvgIpc) is 3.38. The molecule has 4 aromatic rings. The number of hydrogen-bond donors (Lipinski definition) is 0. The summed E-state index contributed by atoms with van der Waals surface area (Å²) in [4.78, 5) is 18.0. The SMILES string of the molecule is CCOc1ccc(C=c2sc3nc(-c4cc(OC)c(OC)c(OC)c4)nn3c2=O)cc1OC. The van der Waals surface area contributed by atoms with E-state index in [-0.39, 0.29) is 5.56 Å². The molecule has 172 valence electrons. The van der Waals surface area contributed by atoms with E-state index in [0.29, 0.717) is 56.2 Å². The van der Waals surface area contributed by atoms with Crippen LogP contribution in [0.3, 0.4) is 0 Å². The molecule has 2 heterocycles. The summed E-state index contributed by atoms with van der Waals surface area (Å²) in [5.41, 5.74) is 1.19. The van der Waals surface area contributed by atoms with Crippen LogP contribution in [-0.2, 0) is 0 Å². The van der Waals surface area contributed by atoms with Crippen molar-refractivity contribution in [3.05, 3.63) is 50.8 Å². The van der Waals surface area contributed by atoms with Crippen LogP contribution < -0.4 is 33.8 Å². The van der Waals surface area contributed by atoms with Gasteiger partial charge in [0.25, 0.3) is 5.56 Å². The summed E-state index contributed by atoms with van der Waals surface area (Å²) >= 11 is 1.25. The van der Waals surface area contributed by atoms with Crippen LogP contribution in [0.25, 0.3) is 22.4 Å². The van der Waals surface area contributed by atoms with Gasteiger partial charge in [-0.25, -0.2) is 0 Å². The molecule has 33 heavy (non-hydrogen) atoms. The third-order valence-electron chi connectivity index (χ3n) is 4.89. The van der Waals surface area contributed by atoms with E-state index in [2.05, 4.69) is 10.1 Å². The van der Waals surface area contributed by atoms with Gasteiger partial charge in [-0.15, -0.1) is 5.10 Å². The standard InChI is InChI=1S/C23H23N3O6S/c1-6-32-15-8-7-13(9-16(15)28-2)10-19-22(27)26-23(33-19)24-21(25-26)14-11-17(29-3)20(31-5)18(12-14)30-4/h7-12H,6H2,1-5H3. The molecule has 10 heteroatoms. The minimum atomic E-state index is -0.256. The molecule has 0 unspecified atom stereocenters. The molecule has 2 aromatic carbocycles. The maximum absolute atomic E-state index is 13.0. The van der Waals surface area contributed by atoms with Crippen molar-refractivity contribution in [3.63, 3.8) is 0 Å². The van der Waals surface area contributed by atoms with E-state index >= 15 is 0 Å². The fraction of sp³-hybridized carbons (Fsp3) is 0.261. The van der Waals surface area contributed by atoms with E-state index in [1.165, 1.54) is 37.2 Å². The van der Waals surface area contributed by atoms with Gasteiger partial charge in [-0.1, -0.05) is 17.4 Å². The van der Waals surface area contributed by atoms with Gasteiger partial charge in [-0.3, -0.25) is 4.79 Å². The predicted octanol–water partition coefficient (Wildman–Crippen LogP) is 2.80. The molecule has 0 fully saturated rings. The average molecular weight is 470 g/mol. The van der Waals surface area contributed by atoms with Crippen molar-refractivity contribution in [1.82, 2.24) is 14.6 Å². The summed E-state index contributed by atoms with van der Waals surface area (Å²) in [5, 5.41) is 4.41. The monoisotopic (exact) mass is 469 g/mol. The van der Waals surface area contributed by atoms with Gasteiger partial charge in [-0.05, 0) is 42.8 Å². The fourth-order valence-electron chi connectivity index (χ4n) is 3.37. The second-order valence-corrected chi connectivity index (χ2v) is 7.81. The Bertz CT molecular complexity index is 1390. The number of aromatic nitrogens is 3. The second-order valence-electron chi connectivity index (χ2n) is 6.80. The van der Waals surface area contributed by atoms with E-state index in [1.807, 2.05) is 25.1 Å². The number of benzene rings is 2. The molecule has 0 aliphatic heterocycles. The minimum absolute atomic E-state index is 0.256. The first-order valence-electron chi connectivity index (χ1n) is 10.0. The van der Waals surface area contributed by atoms with Crippen LogP contribution in [0, 0.1) is 0 Å². The Morgan fingerprint density at radius 1 is 0.939 bits per heavy atom. The van der Waals surface area contributed by atoms with Crippen LogP contribution in [-0.4, -0.2) is 49.6 Å². The van der Waals surface area contributed by atoms with Crippen LogP contribution in [0.5, 0.6) is 28.7 Å². The third kappa shape index (κ3) is 4.17. The summed E-state index contributed by atoms with van der Waals surface area (Å²) in [6.45, 7) is 2.44. The van der Waals surface area contributed by atoms with Crippen LogP contribution in [0.4, 0.5) is 0 Å². The van der Waals surface area contributed by atoms with Crippen molar-refractivity contribution in [2.75, 3.05) is 35.0 Å². The fourth-order valence-corrected chi connectivity index (χ4v) is 4.27. The van der Waals surface area contributed by atoms with Crippen molar-refractivity contribution in [3.8, 4) is 40.1 Å². The van der Waals surface area contributed by atoms with Gasteiger partial charge in [-0.2, -0.15) is 9.50 Å². The van der Waals surface area contributed by atoms with Crippen molar-refractivity contribution in [2.24, 2.45) is 0 Å². The van der Waals surface area contributed by atoms with E-state index in [1.54, 1.807) is 25.3 Å². The van der Waals surface area contributed by atoms with E-state index < -0.39 is 0 Å². The van der Waals surface area contributed by atoms with Crippen LogP contribution in [0.1, 0.15) is 12.5 Å². The number of thiazole rings is 1. The number of nitrogens with zero attached hydrogens (tertiary/aromatic N) is 3. The summed E-state index contributed by atoms with van der Waals surface area (Å²) in [6.07, 6.45) is 1.78. The first kappa shape index (κ1) is 22.4. The normalized spacial score (nSPS) is 11.6. The quantitative estimate of drug-likeness (QED) is 0.389. The third-order valence-corrected chi connectivity index (χ3v) is 5.85. The molecule has 0 aliphatic carbocycles. The second kappa shape index (κ2) is 9.37. The molecule has 0 saturated carbocycles. The maximum atomic E-state index is 13.0. The lowest BCUT2D eigenvalue weighted by Gasteiger charge is -2.12. The summed E-state index contributed by atoms with van der Waals surface area (Å²) < 4.78 is 28.9. The first-order valence-corrected chi connectivity index (χ1v) is 10.9. The van der Waals surface area contributed by atoms with Gasteiger partial charge < -0.3 is 23.7 Å². The van der Waals surface area contributed by atoms with Gasteiger partial charge in [0.05, 0.1) is 39.6 Å². The lowest BCUT2D eigenvalue weighted by atomic mass is 10.1. The largest absolute Gasteiger partial charge is 0.493 e.